The van der Waals surface area contributed by atoms with Crippen molar-refractivity contribution in [1.29, 1.82) is 0 Å². The van der Waals surface area contributed by atoms with Crippen molar-refractivity contribution >= 4 is 32.3 Å². The summed E-state index contributed by atoms with van der Waals surface area (Å²) in [5.41, 5.74) is 10.4. The fourth-order valence-corrected chi connectivity index (χ4v) is 3.61. The Bertz CT molecular complexity index is 1030. The number of benzene rings is 2. The third kappa shape index (κ3) is 2.92. The van der Waals surface area contributed by atoms with Crippen molar-refractivity contribution in [3.05, 3.63) is 59.3 Å². The van der Waals surface area contributed by atoms with E-state index in [2.05, 4.69) is 9.71 Å². The maximum Gasteiger partial charge on any atom is 0.261 e. The van der Waals surface area contributed by atoms with Gasteiger partial charge in [-0.05, 0) is 68.3 Å². The normalized spacial score (nSPS) is 11.6. The van der Waals surface area contributed by atoms with Gasteiger partial charge in [0.1, 0.15) is 0 Å². The number of sulfonamides is 1. The number of aromatic nitrogens is 1. The van der Waals surface area contributed by atoms with Crippen LogP contribution in [0.1, 0.15) is 16.8 Å². The van der Waals surface area contributed by atoms with Crippen molar-refractivity contribution < 1.29 is 8.42 Å². The zero-order valence-corrected chi connectivity index (χ0v) is 14.6. The van der Waals surface area contributed by atoms with Gasteiger partial charge in [-0.3, -0.25) is 9.71 Å². The van der Waals surface area contributed by atoms with Crippen LogP contribution in [-0.2, 0) is 10.0 Å². The van der Waals surface area contributed by atoms with Crippen LogP contribution in [0, 0.1) is 20.8 Å². The lowest BCUT2D eigenvalue weighted by Gasteiger charge is -2.13. The Labute approximate surface area is 141 Å². The predicted octanol–water partition coefficient (Wildman–Crippen LogP) is 3.54. The Morgan fingerprint density at radius 3 is 2.29 bits per heavy atom. The number of nitrogens with zero attached hydrogens (tertiary/aromatic N) is 1. The molecule has 3 aromatic rings. The third-order valence-corrected chi connectivity index (χ3v) is 5.45. The molecule has 1 heterocycles. The van der Waals surface area contributed by atoms with Gasteiger partial charge in [0.15, 0.2) is 0 Å². The Morgan fingerprint density at radius 2 is 1.62 bits per heavy atom. The molecule has 6 heteroatoms. The molecule has 0 fully saturated rings. The molecular weight excluding hydrogens is 322 g/mol. The van der Waals surface area contributed by atoms with Gasteiger partial charge in [0.25, 0.3) is 10.0 Å². The highest BCUT2D eigenvalue weighted by atomic mass is 32.2. The summed E-state index contributed by atoms with van der Waals surface area (Å²) in [6.45, 7) is 5.87. The largest absolute Gasteiger partial charge is 0.399 e. The van der Waals surface area contributed by atoms with Gasteiger partial charge in [-0.2, -0.15) is 0 Å². The van der Waals surface area contributed by atoms with E-state index in [1.165, 1.54) is 12.1 Å². The molecule has 0 unspecified atom stereocenters. The predicted molar refractivity (Wildman–Crippen MR) is 97.6 cm³/mol. The Balaban J connectivity index is 2.12. The summed E-state index contributed by atoms with van der Waals surface area (Å²) >= 11 is 0. The van der Waals surface area contributed by atoms with E-state index in [4.69, 9.17) is 5.73 Å². The molecule has 5 nitrogen and oxygen atoms in total. The quantitative estimate of drug-likeness (QED) is 0.714. The summed E-state index contributed by atoms with van der Waals surface area (Å²) < 4.78 is 27.9. The minimum atomic E-state index is -3.69. The second kappa shape index (κ2) is 5.79. The van der Waals surface area contributed by atoms with Gasteiger partial charge in [-0.15, -0.1) is 0 Å². The van der Waals surface area contributed by atoms with E-state index < -0.39 is 10.0 Å². The average Bonchev–Trinajstić information content (AvgIpc) is 2.52. The standard InChI is InChI=1S/C18H19N3O2S/c1-11-4-9-17(16-10-12(2)13(3)20-18(11)16)21-24(22,23)15-7-5-14(19)6-8-15/h4-10,21H,19H2,1-3H3. The number of nitrogens with one attached hydrogen (secondary N) is 1. The molecule has 1 aromatic heterocycles. The van der Waals surface area contributed by atoms with E-state index >= 15 is 0 Å². The molecule has 0 spiro atoms. The smallest absolute Gasteiger partial charge is 0.261 e. The fraction of sp³-hybridized carbons (Fsp3) is 0.167. The van der Waals surface area contributed by atoms with E-state index in [-0.39, 0.29) is 4.90 Å². The maximum absolute atomic E-state index is 12.6. The molecule has 0 radical (unpaired) electrons. The van der Waals surface area contributed by atoms with Crippen LogP contribution >= 0.6 is 0 Å². The number of hydrogen-bond acceptors (Lipinski definition) is 4. The number of aryl methyl sites for hydroxylation is 3. The summed E-state index contributed by atoms with van der Waals surface area (Å²) in [5.74, 6) is 0. The zero-order valence-electron chi connectivity index (χ0n) is 13.8. The van der Waals surface area contributed by atoms with E-state index in [0.717, 1.165) is 27.7 Å². The summed E-state index contributed by atoms with van der Waals surface area (Å²) in [7, 11) is -3.69. The average molecular weight is 341 g/mol. The van der Waals surface area contributed by atoms with Gasteiger partial charge in [-0.1, -0.05) is 6.07 Å². The number of rotatable bonds is 3. The SMILES string of the molecule is Cc1cc2c(NS(=O)(=O)c3ccc(N)cc3)ccc(C)c2nc1C. The molecule has 0 aliphatic heterocycles. The van der Waals surface area contributed by atoms with E-state index in [1.54, 1.807) is 18.2 Å². The molecule has 24 heavy (non-hydrogen) atoms. The number of fused-ring (bicyclic) bond motifs is 1. The second-order valence-corrected chi connectivity index (χ2v) is 7.57. The fourth-order valence-electron chi connectivity index (χ4n) is 2.53. The summed E-state index contributed by atoms with van der Waals surface area (Å²) in [6, 6.07) is 11.7. The minimum Gasteiger partial charge on any atom is -0.399 e. The summed E-state index contributed by atoms with van der Waals surface area (Å²) in [4.78, 5) is 4.77. The van der Waals surface area contributed by atoms with Gasteiger partial charge in [0.2, 0.25) is 0 Å². The number of hydrogen-bond donors (Lipinski definition) is 2. The Hall–Kier alpha value is -2.60. The minimum absolute atomic E-state index is 0.169. The van der Waals surface area contributed by atoms with Crippen LogP contribution in [0.3, 0.4) is 0 Å². The molecule has 0 bridgehead atoms. The van der Waals surface area contributed by atoms with E-state index in [9.17, 15) is 8.42 Å². The lowest BCUT2D eigenvalue weighted by atomic mass is 10.1. The van der Waals surface area contributed by atoms with Crippen molar-refractivity contribution in [2.24, 2.45) is 0 Å². The van der Waals surface area contributed by atoms with Crippen LogP contribution in [0.2, 0.25) is 0 Å². The van der Waals surface area contributed by atoms with Crippen LogP contribution in [0.4, 0.5) is 11.4 Å². The maximum atomic E-state index is 12.6. The molecule has 3 rings (SSSR count). The van der Waals surface area contributed by atoms with Crippen LogP contribution in [0.15, 0.2) is 47.4 Å². The summed E-state index contributed by atoms with van der Waals surface area (Å²) in [6.07, 6.45) is 0. The topological polar surface area (TPSA) is 85.1 Å². The van der Waals surface area contributed by atoms with Crippen LogP contribution in [0.25, 0.3) is 10.9 Å². The van der Waals surface area contributed by atoms with Gasteiger partial charge in [0.05, 0.1) is 16.1 Å². The third-order valence-electron chi connectivity index (χ3n) is 4.06. The van der Waals surface area contributed by atoms with Crippen LogP contribution in [-0.4, -0.2) is 13.4 Å². The summed E-state index contributed by atoms with van der Waals surface area (Å²) in [5, 5.41) is 0.789. The first-order chi connectivity index (χ1) is 11.3. The second-order valence-electron chi connectivity index (χ2n) is 5.89. The first-order valence-corrected chi connectivity index (χ1v) is 9.02. The molecule has 0 aliphatic rings. The van der Waals surface area contributed by atoms with E-state index in [0.29, 0.717) is 11.4 Å². The van der Waals surface area contributed by atoms with Crippen molar-refractivity contribution in [3.8, 4) is 0 Å². The molecule has 3 N–H and O–H groups in total. The first kappa shape index (κ1) is 16.3. The molecule has 0 saturated heterocycles. The van der Waals surface area contributed by atoms with Crippen molar-refractivity contribution in [2.45, 2.75) is 25.7 Å². The van der Waals surface area contributed by atoms with Crippen molar-refractivity contribution in [2.75, 3.05) is 10.5 Å². The zero-order chi connectivity index (χ0) is 17.5. The number of nitrogen functional groups attached to an aromatic ring is 1. The van der Waals surface area contributed by atoms with Crippen molar-refractivity contribution in [1.82, 2.24) is 4.98 Å². The first-order valence-electron chi connectivity index (χ1n) is 7.54. The molecular formula is C18H19N3O2S. The monoisotopic (exact) mass is 341 g/mol. The van der Waals surface area contributed by atoms with Gasteiger partial charge in [0, 0.05) is 16.8 Å². The van der Waals surface area contributed by atoms with Gasteiger partial charge >= 0.3 is 0 Å². The molecule has 0 saturated carbocycles. The van der Waals surface area contributed by atoms with E-state index in [1.807, 2.05) is 32.9 Å². The molecule has 0 amide bonds. The highest BCUT2D eigenvalue weighted by molar-refractivity contribution is 7.92. The lowest BCUT2D eigenvalue weighted by molar-refractivity contribution is 0.601. The van der Waals surface area contributed by atoms with Crippen LogP contribution in [0.5, 0.6) is 0 Å². The van der Waals surface area contributed by atoms with Gasteiger partial charge in [-0.25, -0.2) is 8.42 Å². The highest BCUT2D eigenvalue weighted by Gasteiger charge is 2.16. The molecule has 0 atom stereocenters. The molecule has 2 aromatic carbocycles. The molecule has 124 valence electrons. The molecule has 0 aliphatic carbocycles. The number of anilines is 2. The Kier molecular flexibility index (Phi) is 3.93. The van der Waals surface area contributed by atoms with Crippen molar-refractivity contribution in [3.63, 3.8) is 0 Å². The highest BCUT2D eigenvalue weighted by Crippen LogP contribution is 2.29. The number of nitrogens with two attached hydrogens (primary N) is 1. The van der Waals surface area contributed by atoms with Gasteiger partial charge < -0.3 is 5.73 Å². The Morgan fingerprint density at radius 1 is 0.958 bits per heavy atom. The lowest BCUT2D eigenvalue weighted by Crippen LogP contribution is -2.13. The van der Waals surface area contributed by atoms with Crippen LogP contribution < -0.4 is 10.5 Å². The number of pyridine rings is 1.